The molecule has 0 radical (unpaired) electrons. The third kappa shape index (κ3) is 3.19. The molecule has 23 heavy (non-hydrogen) atoms. The Labute approximate surface area is 142 Å². The van der Waals surface area contributed by atoms with E-state index >= 15 is 0 Å². The van der Waals surface area contributed by atoms with Gasteiger partial charge in [0.1, 0.15) is 11.4 Å². The minimum absolute atomic E-state index is 0.0107. The fourth-order valence-electron chi connectivity index (χ4n) is 2.35. The van der Waals surface area contributed by atoms with Crippen LogP contribution in [0.15, 0.2) is 40.8 Å². The number of carbonyl (C=O) groups excluding carboxylic acids is 1. The maximum atomic E-state index is 13.3. The highest BCUT2D eigenvalue weighted by atomic mass is 35.5. The molecule has 0 bridgehead atoms. The number of rotatable bonds is 4. The number of halogens is 3. The molecule has 6 heteroatoms. The molecule has 2 aromatic carbocycles. The summed E-state index contributed by atoms with van der Waals surface area (Å²) in [7, 11) is 0. The quantitative estimate of drug-likeness (QED) is 0.632. The predicted molar refractivity (Wildman–Crippen MR) is 90.2 cm³/mol. The highest BCUT2D eigenvalue weighted by Gasteiger charge is 2.18. The number of aryl methyl sites for hydroxylation is 1. The number of fused-ring (bicyclic) bond motifs is 1. The van der Waals surface area contributed by atoms with E-state index in [1.807, 2.05) is 0 Å². The third-order valence-electron chi connectivity index (χ3n) is 3.52. The van der Waals surface area contributed by atoms with Gasteiger partial charge < -0.3 is 9.73 Å². The van der Waals surface area contributed by atoms with Gasteiger partial charge in [-0.25, -0.2) is 4.39 Å². The van der Waals surface area contributed by atoms with Crippen molar-refractivity contribution in [1.82, 2.24) is 0 Å². The summed E-state index contributed by atoms with van der Waals surface area (Å²) >= 11 is 11.9. The van der Waals surface area contributed by atoms with Crippen molar-refractivity contribution in [2.75, 3.05) is 11.9 Å². The van der Waals surface area contributed by atoms with Gasteiger partial charge in [0, 0.05) is 16.0 Å². The summed E-state index contributed by atoms with van der Waals surface area (Å²) in [6.45, 7) is 1.72. The highest BCUT2D eigenvalue weighted by Crippen LogP contribution is 2.28. The molecule has 0 saturated carbocycles. The molecule has 3 rings (SSSR count). The van der Waals surface area contributed by atoms with E-state index in [1.165, 1.54) is 18.2 Å². The van der Waals surface area contributed by atoms with Gasteiger partial charge in [0.15, 0.2) is 5.76 Å². The van der Waals surface area contributed by atoms with E-state index < -0.39 is 0 Å². The summed E-state index contributed by atoms with van der Waals surface area (Å²) in [6, 6.07) is 9.10. The Kier molecular flexibility index (Phi) is 4.28. The predicted octanol–water partition coefficient (Wildman–Crippen LogP) is 5.48. The second-order valence-corrected chi connectivity index (χ2v) is 5.94. The smallest absolute Gasteiger partial charge is 0.217 e. The van der Waals surface area contributed by atoms with E-state index in [-0.39, 0.29) is 23.9 Å². The van der Waals surface area contributed by atoms with Gasteiger partial charge in [0.2, 0.25) is 5.78 Å². The molecule has 0 fully saturated rings. The Hall–Kier alpha value is -2.04. The van der Waals surface area contributed by atoms with Crippen LogP contribution in [-0.4, -0.2) is 12.3 Å². The normalized spacial score (nSPS) is 11.0. The van der Waals surface area contributed by atoms with Crippen LogP contribution in [0, 0.1) is 12.7 Å². The number of carbonyl (C=O) groups is 1. The molecule has 0 aliphatic carbocycles. The topological polar surface area (TPSA) is 42.2 Å². The van der Waals surface area contributed by atoms with Crippen LogP contribution >= 0.6 is 23.2 Å². The maximum Gasteiger partial charge on any atom is 0.217 e. The molecule has 0 saturated heterocycles. The van der Waals surface area contributed by atoms with Crippen molar-refractivity contribution in [2.24, 2.45) is 0 Å². The van der Waals surface area contributed by atoms with E-state index in [0.717, 1.165) is 0 Å². The second-order valence-electron chi connectivity index (χ2n) is 5.10. The molecule has 118 valence electrons. The molecule has 0 atom stereocenters. The number of anilines is 1. The van der Waals surface area contributed by atoms with Crippen LogP contribution < -0.4 is 5.32 Å². The fourth-order valence-corrected chi connectivity index (χ4v) is 2.70. The van der Waals surface area contributed by atoms with Crippen molar-refractivity contribution in [3.63, 3.8) is 0 Å². The van der Waals surface area contributed by atoms with E-state index in [1.54, 1.807) is 25.1 Å². The molecule has 1 heterocycles. The summed E-state index contributed by atoms with van der Waals surface area (Å²) in [5.74, 6) is -0.421. The van der Waals surface area contributed by atoms with E-state index in [2.05, 4.69) is 5.32 Å². The Bertz CT molecular complexity index is 905. The fraction of sp³-hybridized carbons (Fsp3) is 0.118. The van der Waals surface area contributed by atoms with Crippen molar-refractivity contribution in [2.45, 2.75) is 6.92 Å². The van der Waals surface area contributed by atoms with Crippen LogP contribution in [0.3, 0.4) is 0 Å². The molecular weight excluding hydrogens is 340 g/mol. The molecule has 0 amide bonds. The van der Waals surface area contributed by atoms with Crippen LogP contribution in [-0.2, 0) is 0 Å². The lowest BCUT2D eigenvalue weighted by atomic mass is 10.1. The van der Waals surface area contributed by atoms with Gasteiger partial charge in [0.25, 0.3) is 0 Å². The average Bonchev–Trinajstić information content (AvgIpc) is 2.85. The minimum atomic E-state index is -0.371. The molecule has 1 aromatic heterocycles. The Morgan fingerprint density at radius 1 is 1.22 bits per heavy atom. The first-order valence-electron chi connectivity index (χ1n) is 6.86. The lowest BCUT2D eigenvalue weighted by Gasteiger charge is -2.07. The summed E-state index contributed by atoms with van der Waals surface area (Å²) in [5, 5.41) is 4.50. The van der Waals surface area contributed by atoms with Gasteiger partial charge in [-0.3, -0.25) is 4.79 Å². The van der Waals surface area contributed by atoms with Gasteiger partial charge in [-0.05, 0) is 43.3 Å². The Morgan fingerprint density at radius 3 is 2.78 bits per heavy atom. The first-order chi connectivity index (χ1) is 11.0. The summed E-state index contributed by atoms with van der Waals surface area (Å²) < 4.78 is 18.9. The Morgan fingerprint density at radius 2 is 2.00 bits per heavy atom. The molecular formula is C17H12Cl2FNO2. The minimum Gasteiger partial charge on any atom is -0.453 e. The van der Waals surface area contributed by atoms with E-state index in [9.17, 15) is 9.18 Å². The molecule has 0 aliphatic rings. The number of furan rings is 1. The van der Waals surface area contributed by atoms with Crippen molar-refractivity contribution in [1.29, 1.82) is 0 Å². The zero-order valence-corrected chi connectivity index (χ0v) is 13.6. The van der Waals surface area contributed by atoms with Gasteiger partial charge >= 0.3 is 0 Å². The second kappa shape index (κ2) is 6.22. The van der Waals surface area contributed by atoms with Crippen molar-refractivity contribution < 1.29 is 13.6 Å². The number of ketones is 1. The number of benzene rings is 2. The zero-order valence-electron chi connectivity index (χ0n) is 12.1. The molecule has 0 aliphatic heterocycles. The summed E-state index contributed by atoms with van der Waals surface area (Å²) in [4.78, 5) is 12.4. The largest absolute Gasteiger partial charge is 0.453 e. The van der Waals surface area contributed by atoms with Gasteiger partial charge in [-0.2, -0.15) is 0 Å². The lowest BCUT2D eigenvalue weighted by Crippen LogP contribution is -2.14. The molecule has 0 spiro atoms. The van der Waals surface area contributed by atoms with Crippen LogP contribution in [0.1, 0.15) is 16.1 Å². The molecule has 3 aromatic rings. The summed E-state index contributed by atoms with van der Waals surface area (Å²) in [6.07, 6.45) is 0. The lowest BCUT2D eigenvalue weighted by molar-refractivity contribution is 0.0981. The Balaban J connectivity index is 1.83. The van der Waals surface area contributed by atoms with Crippen LogP contribution in [0.4, 0.5) is 10.1 Å². The number of hydrogen-bond acceptors (Lipinski definition) is 3. The standard InChI is InChI=1S/C17H12Cl2FNO2/c1-9-12-7-11(20)3-5-16(12)23-17(9)15(22)8-21-14-6-10(18)2-4-13(14)19/h2-7,21H,8H2,1H3. The van der Waals surface area contributed by atoms with Crippen molar-refractivity contribution in [3.8, 4) is 0 Å². The van der Waals surface area contributed by atoms with E-state index in [0.29, 0.717) is 32.3 Å². The maximum absolute atomic E-state index is 13.3. The van der Waals surface area contributed by atoms with Crippen molar-refractivity contribution >= 4 is 45.6 Å². The summed E-state index contributed by atoms with van der Waals surface area (Å²) in [5.41, 5.74) is 1.66. The average molecular weight is 352 g/mol. The first kappa shape index (κ1) is 15.8. The van der Waals surface area contributed by atoms with Gasteiger partial charge in [-0.15, -0.1) is 0 Å². The molecule has 3 nitrogen and oxygen atoms in total. The first-order valence-corrected chi connectivity index (χ1v) is 7.62. The van der Waals surface area contributed by atoms with E-state index in [4.69, 9.17) is 27.6 Å². The van der Waals surface area contributed by atoms with Gasteiger partial charge in [0.05, 0.1) is 17.3 Å². The monoisotopic (exact) mass is 351 g/mol. The number of Topliss-reactive ketones (excluding diaryl/α,β-unsaturated/α-hetero) is 1. The van der Waals surface area contributed by atoms with Crippen molar-refractivity contribution in [3.05, 3.63) is 63.6 Å². The zero-order chi connectivity index (χ0) is 16.6. The van der Waals surface area contributed by atoms with Crippen LogP contribution in [0.2, 0.25) is 10.0 Å². The molecule has 0 unspecified atom stereocenters. The number of nitrogens with one attached hydrogen (secondary N) is 1. The molecule has 1 N–H and O–H groups in total. The number of hydrogen-bond donors (Lipinski definition) is 1. The van der Waals surface area contributed by atoms with Gasteiger partial charge in [-0.1, -0.05) is 23.2 Å². The highest BCUT2D eigenvalue weighted by molar-refractivity contribution is 6.35. The van der Waals surface area contributed by atoms with Crippen LogP contribution in [0.25, 0.3) is 11.0 Å². The third-order valence-corrected chi connectivity index (χ3v) is 4.08. The van der Waals surface area contributed by atoms with Crippen LogP contribution in [0.5, 0.6) is 0 Å². The SMILES string of the molecule is Cc1c(C(=O)CNc2cc(Cl)ccc2Cl)oc2ccc(F)cc12.